The van der Waals surface area contributed by atoms with Crippen molar-refractivity contribution in [2.24, 2.45) is 5.92 Å². The van der Waals surface area contributed by atoms with Gasteiger partial charge in [-0.15, -0.1) is 0 Å². The number of nitrogens with one attached hydrogen (secondary N) is 2. The van der Waals surface area contributed by atoms with Crippen LogP contribution in [0.25, 0.3) is 0 Å². The molecule has 138 valence electrons. The van der Waals surface area contributed by atoms with Gasteiger partial charge in [-0.3, -0.25) is 14.9 Å². The maximum atomic E-state index is 13.0. The molecule has 7 nitrogen and oxygen atoms in total. The van der Waals surface area contributed by atoms with E-state index >= 15 is 0 Å². The molecule has 2 aliphatic rings. The van der Waals surface area contributed by atoms with Crippen molar-refractivity contribution in [2.75, 3.05) is 18.0 Å². The number of hydrogen-bond acceptors (Lipinski definition) is 5. The molecular formula is C19H24N4O3. The van der Waals surface area contributed by atoms with E-state index in [2.05, 4.69) is 17.3 Å². The molecule has 3 rings (SSSR count). The molecule has 0 saturated carbocycles. The summed E-state index contributed by atoms with van der Waals surface area (Å²) in [6.07, 6.45) is 4.45. The van der Waals surface area contributed by atoms with E-state index in [-0.39, 0.29) is 0 Å². The number of benzene rings is 1. The second-order valence-electron chi connectivity index (χ2n) is 6.73. The Labute approximate surface area is 153 Å². The molecule has 2 aliphatic heterocycles. The molecule has 1 atom stereocenters. The van der Waals surface area contributed by atoms with Crippen molar-refractivity contribution < 1.29 is 14.4 Å². The van der Waals surface area contributed by atoms with Gasteiger partial charge in [0.2, 0.25) is 5.91 Å². The van der Waals surface area contributed by atoms with Gasteiger partial charge in [-0.25, -0.2) is 14.7 Å². The number of imide groups is 2. The molecule has 0 radical (unpaired) electrons. The molecule has 26 heavy (non-hydrogen) atoms. The lowest BCUT2D eigenvalue weighted by molar-refractivity contribution is -0.133. The summed E-state index contributed by atoms with van der Waals surface area (Å²) in [5, 5.41) is 4.26. The van der Waals surface area contributed by atoms with Crippen LogP contribution < -0.4 is 15.6 Å². The zero-order valence-electron chi connectivity index (χ0n) is 15.0. The summed E-state index contributed by atoms with van der Waals surface area (Å²) < 4.78 is 0. The van der Waals surface area contributed by atoms with Crippen molar-refractivity contribution >= 4 is 23.5 Å². The van der Waals surface area contributed by atoms with Gasteiger partial charge in [-0.1, -0.05) is 37.6 Å². The van der Waals surface area contributed by atoms with E-state index in [1.807, 2.05) is 24.1 Å². The van der Waals surface area contributed by atoms with E-state index in [9.17, 15) is 14.4 Å². The van der Waals surface area contributed by atoms with Crippen molar-refractivity contribution in [2.45, 2.75) is 32.6 Å². The summed E-state index contributed by atoms with van der Waals surface area (Å²) in [6.45, 7) is 7.39. The predicted octanol–water partition coefficient (Wildman–Crippen LogP) is 2.09. The number of hydrogen-bond donors (Lipinski definition) is 2. The highest BCUT2D eigenvalue weighted by molar-refractivity contribution is 6.28. The van der Waals surface area contributed by atoms with E-state index in [0.29, 0.717) is 11.4 Å². The number of hydrazine groups is 1. The summed E-state index contributed by atoms with van der Waals surface area (Å²) in [5.74, 6) is -2.37. The molecule has 0 aromatic heterocycles. The number of aryl methyl sites for hydroxylation is 1. The molecular weight excluding hydrogens is 332 g/mol. The van der Waals surface area contributed by atoms with Gasteiger partial charge in [0.05, 0.1) is 5.69 Å². The number of barbiturate groups is 1. The summed E-state index contributed by atoms with van der Waals surface area (Å²) in [7, 11) is 0. The van der Waals surface area contributed by atoms with E-state index in [4.69, 9.17) is 0 Å². The zero-order valence-corrected chi connectivity index (χ0v) is 15.0. The fraction of sp³-hybridized carbons (Fsp3) is 0.421. The van der Waals surface area contributed by atoms with Crippen LogP contribution in [0, 0.1) is 12.8 Å². The first-order chi connectivity index (χ1) is 12.5. The van der Waals surface area contributed by atoms with Gasteiger partial charge >= 0.3 is 6.03 Å². The molecule has 7 heteroatoms. The maximum Gasteiger partial charge on any atom is 0.335 e. The quantitative estimate of drug-likeness (QED) is 0.808. The summed E-state index contributed by atoms with van der Waals surface area (Å²) in [5.41, 5.74) is 4.64. The second-order valence-corrected chi connectivity index (χ2v) is 6.73. The average Bonchev–Trinajstić information content (AvgIpc) is 2.84. The van der Waals surface area contributed by atoms with Gasteiger partial charge < -0.3 is 5.43 Å². The molecule has 4 amide bonds. The molecule has 2 heterocycles. The van der Waals surface area contributed by atoms with Crippen LogP contribution in [-0.4, -0.2) is 35.9 Å². The predicted molar refractivity (Wildman–Crippen MR) is 98.0 cm³/mol. The molecule has 1 aromatic rings. The number of urea groups is 1. The Morgan fingerprint density at radius 1 is 1.12 bits per heavy atom. The van der Waals surface area contributed by atoms with E-state index < -0.39 is 23.8 Å². The Balaban J connectivity index is 1.81. The number of carbonyl (C=O) groups is 3. The molecule has 1 aromatic carbocycles. The highest BCUT2D eigenvalue weighted by Gasteiger charge is 2.43. The Hall–Kier alpha value is -2.67. The van der Waals surface area contributed by atoms with Crippen LogP contribution in [0.1, 0.15) is 31.2 Å². The van der Waals surface area contributed by atoms with E-state index in [1.165, 1.54) is 12.8 Å². The minimum absolute atomic E-state index is 0.292. The van der Waals surface area contributed by atoms with Gasteiger partial charge in [0.1, 0.15) is 0 Å². The lowest BCUT2D eigenvalue weighted by atomic mass is 10.0. The Morgan fingerprint density at radius 2 is 1.77 bits per heavy atom. The number of rotatable bonds is 4. The van der Waals surface area contributed by atoms with Crippen LogP contribution in [0.3, 0.4) is 0 Å². The Kier molecular flexibility index (Phi) is 5.37. The zero-order chi connectivity index (χ0) is 18.7. The highest BCUT2D eigenvalue weighted by atomic mass is 16.2. The lowest BCUT2D eigenvalue weighted by Gasteiger charge is -2.33. The Morgan fingerprint density at radius 3 is 2.42 bits per heavy atom. The third-order valence-electron chi connectivity index (χ3n) is 4.78. The largest absolute Gasteiger partial charge is 0.335 e. The minimum Gasteiger partial charge on any atom is -0.322 e. The summed E-state index contributed by atoms with van der Waals surface area (Å²) in [6, 6.07) is 6.34. The van der Waals surface area contributed by atoms with Crippen molar-refractivity contribution in [1.82, 2.24) is 15.8 Å². The fourth-order valence-electron chi connectivity index (χ4n) is 3.37. The minimum atomic E-state index is -1.14. The van der Waals surface area contributed by atoms with Gasteiger partial charge in [0, 0.05) is 18.8 Å². The second kappa shape index (κ2) is 7.70. The van der Waals surface area contributed by atoms with Crippen LogP contribution >= 0.6 is 0 Å². The van der Waals surface area contributed by atoms with Gasteiger partial charge in [0.15, 0.2) is 5.92 Å². The molecule has 2 saturated heterocycles. The van der Waals surface area contributed by atoms with Crippen LogP contribution in [0.15, 0.2) is 36.5 Å². The van der Waals surface area contributed by atoms with Crippen molar-refractivity contribution in [3.8, 4) is 0 Å². The summed E-state index contributed by atoms with van der Waals surface area (Å²) in [4.78, 5) is 38.6. The smallest absolute Gasteiger partial charge is 0.322 e. The molecule has 2 fully saturated rings. The summed E-state index contributed by atoms with van der Waals surface area (Å²) >= 11 is 0. The third kappa shape index (κ3) is 3.62. The highest BCUT2D eigenvalue weighted by Crippen LogP contribution is 2.26. The van der Waals surface area contributed by atoms with Gasteiger partial charge in [-0.05, 0) is 31.4 Å². The SMILES string of the molecule is C=C(NN1CCCCCC1)[C@H]1C(=O)NC(=O)N(c2ccccc2C)C1=O. The number of amides is 4. The number of para-hydroxylation sites is 1. The van der Waals surface area contributed by atoms with Crippen molar-refractivity contribution in [1.29, 1.82) is 0 Å². The number of anilines is 1. The first kappa shape index (κ1) is 18.1. The van der Waals surface area contributed by atoms with E-state index in [0.717, 1.165) is 36.4 Å². The lowest BCUT2D eigenvalue weighted by Crippen LogP contribution is -2.60. The molecule has 0 spiro atoms. The standard InChI is InChI=1S/C19H24N4O3/c1-13-9-5-6-10-15(13)23-18(25)16(17(24)20-19(23)26)14(2)21-22-11-7-3-4-8-12-22/h5-6,9-10,16,21H,2-4,7-8,11-12H2,1H3,(H,20,24,26)/t16-/m0/s1. The topological polar surface area (TPSA) is 81.8 Å². The van der Waals surface area contributed by atoms with Crippen LogP contribution in [0.5, 0.6) is 0 Å². The molecule has 0 unspecified atom stereocenters. The maximum absolute atomic E-state index is 13.0. The molecule has 0 bridgehead atoms. The Bertz CT molecular complexity index is 738. The average molecular weight is 356 g/mol. The van der Waals surface area contributed by atoms with Gasteiger partial charge in [0.25, 0.3) is 5.91 Å². The van der Waals surface area contributed by atoms with Crippen LogP contribution in [-0.2, 0) is 9.59 Å². The molecule has 0 aliphatic carbocycles. The first-order valence-electron chi connectivity index (χ1n) is 8.94. The van der Waals surface area contributed by atoms with E-state index in [1.54, 1.807) is 12.1 Å². The van der Waals surface area contributed by atoms with Crippen LogP contribution in [0.2, 0.25) is 0 Å². The first-order valence-corrected chi connectivity index (χ1v) is 8.94. The molecule has 2 N–H and O–H groups in total. The fourth-order valence-corrected chi connectivity index (χ4v) is 3.37. The van der Waals surface area contributed by atoms with Crippen LogP contribution in [0.4, 0.5) is 10.5 Å². The normalized spacial score (nSPS) is 22.0. The van der Waals surface area contributed by atoms with Gasteiger partial charge in [-0.2, -0.15) is 0 Å². The van der Waals surface area contributed by atoms with Crippen molar-refractivity contribution in [3.63, 3.8) is 0 Å². The van der Waals surface area contributed by atoms with Crippen molar-refractivity contribution in [3.05, 3.63) is 42.1 Å². The number of carbonyl (C=O) groups excluding carboxylic acids is 3. The third-order valence-corrected chi connectivity index (χ3v) is 4.78. The monoisotopic (exact) mass is 356 g/mol. The number of nitrogens with zero attached hydrogens (tertiary/aromatic N) is 2.